The number of nitrogens with two attached hydrogens (primary N) is 1. The van der Waals surface area contributed by atoms with Gasteiger partial charge in [-0.3, -0.25) is 9.59 Å². The Kier molecular flexibility index (Phi) is 4.05. The van der Waals surface area contributed by atoms with Gasteiger partial charge in [-0.05, 0) is 43.1 Å². The maximum atomic E-state index is 11.5. The van der Waals surface area contributed by atoms with Crippen molar-refractivity contribution in [3.05, 3.63) is 35.0 Å². The minimum atomic E-state index is -0.342. The van der Waals surface area contributed by atoms with Crippen molar-refractivity contribution >= 4 is 23.3 Å². The van der Waals surface area contributed by atoms with Crippen molar-refractivity contribution in [2.75, 3.05) is 7.05 Å². The van der Waals surface area contributed by atoms with Crippen LogP contribution in [0, 0.1) is 0 Å². The van der Waals surface area contributed by atoms with E-state index in [1.54, 1.807) is 0 Å². The molecule has 106 valence electrons. The molecule has 0 bridgehead atoms. The van der Waals surface area contributed by atoms with Crippen LogP contribution in [0.2, 0.25) is 0 Å². The third kappa shape index (κ3) is 2.37. The fourth-order valence-corrected chi connectivity index (χ4v) is 2.76. The Morgan fingerprint density at radius 3 is 2.80 bits per heavy atom. The van der Waals surface area contributed by atoms with Gasteiger partial charge < -0.3 is 21.1 Å². The third-order valence-corrected chi connectivity index (χ3v) is 3.63. The van der Waals surface area contributed by atoms with Crippen molar-refractivity contribution < 1.29 is 14.7 Å². The van der Waals surface area contributed by atoms with Crippen molar-refractivity contribution in [1.29, 1.82) is 0 Å². The Labute approximate surface area is 116 Å². The maximum Gasteiger partial charge on any atom is 0.290 e. The molecule has 1 aromatic carbocycles. The molecule has 0 saturated carbocycles. The van der Waals surface area contributed by atoms with E-state index in [0.717, 1.165) is 23.9 Å². The zero-order valence-electron chi connectivity index (χ0n) is 11.1. The fourth-order valence-electron chi connectivity index (χ4n) is 2.76. The van der Waals surface area contributed by atoms with Gasteiger partial charge in [0.25, 0.3) is 6.47 Å². The summed E-state index contributed by atoms with van der Waals surface area (Å²) in [7, 11) is 1.95. The lowest BCUT2D eigenvalue weighted by molar-refractivity contribution is -0.122. The first-order valence-corrected chi connectivity index (χ1v) is 6.29. The quantitative estimate of drug-likeness (QED) is 0.603. The highest BCUT2D eigenvalue weighted by Crippen LogP contribution is 2.31. The Morgan fingerprint density at radius 2 is 2.20 bits per heavy atom. The van der Waals surface area contributed by atoms with E-state index >= 15 is 0 Å². The number of nitrogens with one attached hydrogen (secondary N) is 2. The largest absolute Gasteiger partial charge is 0.483 e. The number of aromatic nitrogens is 1. The van der Waals surface area contributed by atoms with Crippen LogP contribution >= 0.6 is 0 Å². The highest BCUT2D eigenvalue weighted by molar-refractivity contribution is 6.01. The highest BCUT2D eigenvalue weighted by Gasteiger charge is 2.24. The van der Waals surface area contributed by atoms with Crippen LogP contribution < -0.4 is 11.1 Å². The van der Waals surface area contributed by atoms with Crippen LogP contribution in [-0.4, -0.2) is 35.6 Å². The van der Waals surface area contributed by atoms with Gasteiger partial charge in [0.15, 0.2) is 0 Å². The molecule has 0 saturated heterocycles. The Hall–Kier alpha value is -2.34. The van der Waals surface area contributed by atoms with Gasteiger partial charge in [0.1, 0.15) is 0 Å². The minimum absolute atomic E-state index is 0.250. The second-order valence-corrected chi connectivity index (χ2v) is 4.69. The third-order valence-electron chi connectivity index (χ3n) is 3.63. The number of likely N-dealkylation sites (N-methyl/N-ethyl adjacent to an activating group) is 1. The zero-order chi connectivity index (χ0) is 14.7. The first-order valence-electron chi connectivity index (χ1n) is 6.29. The molecule has 20 heavy (non-hydrogen) atoms. The van der Waals surface area contributed by atoms with Gasteiger partial charge in [-0.2, -0.15) is 0 Å². The smallest absolute Gasteiger partial charge is 0.290 e. The monoisotopic (exact) mass is 275 g/mol. The number of aromatic amines is 1. The Morgan fingerprint density at radius 1 is 1.50 bits per heavy atom. The first-order chi connectivity index (χ1) is 9.62. The molecule has 1 amide bonds. The number of amides is 1. The summed E-state index contributed by atoms with van der Waals surface area (Å²) in [5.41, 5.74) is 9.53. The average Bonchev–Trinajstić information content (AvgIpc) is 2.84. The summed E-state index contributed by atoms with van der Waals surface area (Å²) < 4.78 is 0. The van der Waals surface area contributed by atoms with Crippen LogP contribution in [0.15, 0.2) is 18.3 Å². The number of hydrogen-bond donors (Lipinski definition) is 4. The van der Waals surface area contributed by atoms with Crippen molar-refractivity contribution in [3.63, 3.8) is 0 Å². The number of H-pyrrole nitrogens is 1. The first kappa shape index (κ1) is 14.1. The predicted octanol–water partition coefficient (Wildman–Crippen LogP) is 0.654. The van der Waals surface area contributed by atoms with Gasteiger partial charge in [0.2, 0.25) is 5.91 Å². The van der Waals surface area contributed by atoms with Crippen molar-refractivity contribution in [2.45, 2.75) is 18.9 Å². The van der Waals surface area contributed by atoms with Gasteiger partial charge in [-0.25, -0.2) is 0 Å². The van der Waals surface area contributed by atoms with Crippen LogP contribution in [-0.2, 0) is 17.6 Å². The summed E-state index contributed by atoms with van der Waals surface area (Å²) in [6, 6.07) is 4.13. The molecule has 1 heterocycles. The number of benzene rings is 1. The number of carbonyl (C=O) groups is 2. The van der Waals surface area contributed by atoms with Crippen LogP contribution in [0.3, 0.4) is 0 Å². The van der Waals surface area contributed by atoms with Gasteiger partial charge in [0.05, 0.1) is 0 Å². The molecule has 1 atom stereocenters. The van der Waals surface area contributed by atoms with Gasteiger partial charge in [-0.1, -0.05) is 0 Å². The summed E-state index contributed by atoms with van der Waals surface area (Å²) in [6.45, 7) is -0.250. The van der Waals surface area contributed by atoms with Crippen LogP contribution in [0.25, 0.3) is 10.9 Å². The molecular weight excluding hydrogens is 258 g/mol. The lowest BCUT2D eigenvalue weighted by Crippen LogP contribution is -2.33. The Balaban J connectivity index is 0.000000452. The molecule has 0 radical (unpaired) electrons. The Bertz CT molecular complexity index is 648. The van der Waals surface area contributed by atoms with Crippen LogP contribution in [0.1, 0.15) is 21.5 Å². The molecule has 1 aliphatic carbocycles. The number of carboxylic acid groups (broad SMARTS) is 1. The van der Waals surface area contributed by atoms with Crippen molar-refractivity contribution in [2.24, 2.45) is 5.73 Å². The standard InChI is InChI=1S/C13H15N3O.CH2O2/c1-15-8-4-7-6-16-11-3-2-9(13(14)17)10(5-8)12(7)11;2-1-3/h2-3,6,8,15-16H,4-5H2,1H3,(H2,14,17);1H,(H,2,3). The minimum Gasteiger partial charge on any atom is -0.483 e. The normalized spacial score (nSPS) is 16.4. The second kappa shape index (κ2) is 5.75. The molecular formula is C14H17N3O3. The van der Waals surface area contributed by atoms with Gasteiger partial charge in [0, 0.05) is 28.7 Å². The highest BCUT2D eigenvalue weighted by atomic mass is 16.3. The van der Waals surface area contributed by atoms with Crippen molar-refractivity contribution in [1.82, 2.24) is 10.3 Å². The van der Waals surface area contributed by atoms with E-state index in [4.69, 9.17) is 15.6 Å². The summed E-state index contributed by atoms with van der Waals surface area (Å²) in [6.07, 6.45) is 3.88. The summed E-state index contributed by atoms with van der Waals surface area (Å²) >= 11 is 0. The average molecular weight is 275 g/mol. The van der Waals surface area contributed by atoms with E-state index in [0.29, 0.717) is 11.6 Å². The van der Waals surface area contributed by atoms with E-state index < -0.39 is 0 Å². The number of rotatable bonds is 2. The molecule has 1 aliphatic rings. The molecule has 3 rings (SSSR count). The fraction of sp³-hybridized carbons (Fsp3) is 0.286. The molecule has 1 aromatic heterocycles. The van der Waals surface area contributed by atoms with Gasteiger partial charge >= 0.3 is 0 Å². The second-order valence-electron chi connectivity index (χ2n) is 4.69. The predicted molar refractivity (Wildman–Crippen MR) is 75.8 cm³/mol. The lowest BCUT2D eigenvalue weighted by atomic mass is 9.86. The van der Waals surface area contributed by atoms with Crippen LogP contribution in [0.5, 0.6) is 0 Å². The summed E-state index contributed by atoms with van der Waals surface area (Å²) in [5.74, 6) is -0.342. The molecule has 6 heteroatoms. The molecule has 2 aromatic rings. The van der Waals surface area contributed by atoms with E-state index in [1.165, 1.54) is 10.9 Å². The molecule has 1 unspecified atom stereocenters. The van der Waals surface area contributed by atoms with Crippen molar-refractivity contribution in [3.8, 4) is 0 Å². The molecule has 0 fully saturated rings. The molecule has 0 spiro atoms. The van der Waals surface area contributed by atoms with E-state index in [-0.39, 0.29) is 12.4 Å². The number of hydrogen-bond acceptors (Lipinski definition) is 3. The topological polar surface area (TPSA) is 108 Å². The van der Waals surface area contributed by atoms with Crippen LogP contribution in [0.4, 0.5) is 0 Å². The van der Waals surface area contributed by atoms with E-state index in [9.17, 15) is 4.79 Å². The SMILES string of the molecule is CNC1Cc2c[nH]c3ccc(C(N)=O)c(c23)C1.O=CO. The molecule has 5 N–H and O–H groups in total. The lowest BCUT2D eigenvalue weighted by Gasteiger charge is -2.23. The van der Waals surface area contributed by atoms with E-state index in [1.807, 2.05) is 25.4 Å². The zero-order valence-corrected chi connectivity index (χ0v) is 11.1. The van der Waals surface area contributed by atoms with Gasteiger partial charge in [-0.15, -0.1) is 0 Å². The van der Waals surface area contributed by atoms with E-state index in [2.05, 4.69) is 10.3 Å². The summed E-state index contributed by atoms with van der Waals surface area (Å²) in [4.78, 5) is 23.1. The maximum absolute atomic E-state index is 11.5. The number of carbonyl (C=O) groups excluding carboxylic acids is 1. The molecule has 0 aliphatic heterocycles. The molecule has 6 nitrogen and oxygen atoms in total. The summed E-state index contributed by atoms with van der Waals surface area (Å²) in [5, 5.41) is 11.4. The number of primary amides is 1.